The van der Waals surface area contributed by atoms with E-state index in [1.807, 2.05) is 26.0 Å². The minimum absolute atomic E-state index is 0.232. The molecule has 0 amide bonds. The van der Waals surface area contributed by atoms with Gasteiger partial charge in [0.2, 0.25) is 0 Å². The van der Waals surface area contributed by atoms with Gasteiger partial charge < -0.3 is 10.0 Å². The van der Waals surface area contributed by atoms with Crippen molar-refractivity contribution < 1.29 is 18.3 Å². The van der Waals surface area contributed by atoms with Crippen LogP contribution in [0.5, 0.6) is 0 Å². The lowest BCUT2D eigenvalue weighted by molar-refractivity contribution is -0.137. The van der Waals surface area contributed by atoms with Gasteiger partial charge in [0.15, 0.2) is 0 Å². The Bertz CT molecular complexity index is 622. The van der Waals surface area contributed by atoms with Crippen LogP contribution in [0.3, 0.4) is 0 Å². The zero-order valence-corrected chi connectivity index (χ0v) is 14.1. The minimum Gasteiger partial charge on any atom is -0.390 e. The van der Waals surface area contributed by atoms with Gasteiger partial charge in [-0.1, -0.05) is 18.2 Å². The first kappa shape index (κ1) is 17.3. The van der Waals surface area contributed by atoms with Crippen LogP contribution in [0.25, 0.3) is 6.08 Å². The number of fused-ring (bicyclic) bond motifs is 1. The molecule has 3 rings (SSSR count). The van der Waals surface area contributed by atoms with E-state index in [1.54, 1.807) is 6.07 Å². The molecule has 0 aromatic heterocycles. The first-order chi connectivity index (χ1) is 11.2. The highest BCUT2D eigenvalue weighted by atomic mass is 19.4. The van der Waals surface area contributed by atoms with Crippen molar-refractivity contribution in [2.24, 2.45) is 5.92 Å². The zero-order valence-electron chi connectivity index (χ0n) is 14.1. The van der Waals surface area contributed by atoms with Gasteiger partial charge in [0.25, 0.3) is 0 Å². The normalized spacial score (nSPS) is 24.8. The Morgan fingerprint density at radius 2 is 1.75 bits per heavy atom. The molecule has 0 bridgehead atoms. The standard InChI is InChI=1S/C19H24F3NO/c1-18(2,24)14-7-9-16(10-8-14)23-11-3-4-13-5-6-15(12-17(13)23)19(20,21)22/h3-6,12,14,16,24H,7-11H2,1-2H3. The third kappa shape index (κ3) is 3.46. The fourth-order valence-electron chi connectivity index (χ4n) is 3.94. The van der Waals surface area contributed by atoms with E-state index in [2.05, 4.69) is 4.90 Å². The van der Waals surface area contributed by atoms with Crippen molar-refractivity contribution in [2.45, 2.75) is 57.3 Å². The SMILES string of the molecule is CC(C)(O)C1CCC(N2CC=Cc3ccc(C(F)(F)F)cc32)CC1. The molecule has 0 saturated heterocycles. The van der Waals surface area contributed by atoms with Crippen molar-refractivity contribution in [2.75, 3.05) is 11.4 Å². The molecule has 1 N–H and O–H groups in total. The number of halogens is 3. The average Bonchev–Trinajstić information content (AvgIpc) is 2.52. The maximum absolute atomic E-state index is 13.0. The molecule has 1 saturated carbocycles. The fourth-order valence-corrected chi connectivity index (χ4v) is 3.94. The lowest BCUT2D eigenvalue weighted by atomic mass is 9.76. The summed E-state index contributed by atoms with van der Waals surface area (Å²) in [5.41, 5.74) is 0.248. The van der Waals surface area contributed by atoms with Crippen molar-refractivity contribution >= 4 is 11.8 Å². The summed E-state index contributed by atoms with van der Waals surface area (Å²) in [6.07, 6.45) is 3.20. The van der Waals surface area contributed by atoms with E-state index in [0.29, 0.717) is 12.2 Å². The van der Waals surface area contributed by atoms with Gasteiger partial charge in [0.1, 0.15) is 0 Å². The van der Waals surface area contributed by atoms with Crippen molar-refractivity contribution in [1.29, 1.82) is 0 Å². The van der Waals surface area contributed by atoms with Gasteiger partial charge >= 0.3 is 6.18 Å². The van der Waals surface area contributed by atoms with Gasteiger partial charge in [0.05, 0.1) is 11.2 Å². The van der Waals surface area contributed by atoms with Crippen molar-refractivity contribution in [3.63, 3.8) is 0 Å². The zero-order chi connectivity index (χ0) is 17.5. The molecule has 2 nitrogen and oxygen atoms in total. The second-order valence-corrected chi connectivity index (χ2v) is 7.49. The second kappa shape index (κ2) is 6.10. The Morgan fingerprint density at radius 3 is 2.33 bits per heavy atom. The number of alkyl halides is 3. The third-order valence-corrected chi connectivity index (χ3v) is 5.40. The highest BCUT2D eigenvalue weighted by Crippen LogP contribution is 2.40. The van der Waals surface area contributed by atoms with Crippen molar-refractivity contribution in [3.05, 3.63) is 35.4 Å². The number of hydrogen-bond acceptors (Lipinski definition) is 2. The molecule has 1 fully saturated rings. The molecule has 1 aromatic carbocycles. The summed E-state index contributed by atoms with van der Waals surface area (Å²) in [5.74, 6) is 0.259. The van der Waals surface area contributed by atoms with Gasteiger partial charge in [0, 0.05) is 18.3 Å². The third-order valence-electron chi connectivity index (χ3n) is 5.40. The predicted octanol–water partition coefficient (Wildman–Crippen LogP) is 4.87. The maximum Gasteiger partial charge on any atom is 0.416 e. The number of rotatable bonds is 2. The summed E-state index contributed by atoms with van der Waals surface area (Å²) in [7, 11) is 0. The Morgan fingerprint density at radius 1 is 1.08 bits per heavy atom. The monoisotopic (exact) mass is 339 g/mol. The van der Waals surface area contributed by atoms with Crippen LogP contribution in [0.15, 0.2) is 24.3 Å². The molecule has 0 spiro atoms. The molecular formula is C19H24F3NO. The number of aliphatic hydroxyl groups is 1. The van der Waals surface area contributed by atoms with E-state index in [-0.39, 0.29) is 12.0 Å². The average molecular weight is 339 g/mol. The van der Waals surface area contributed by atoms with Crippen LogP contribution < -0.4 is 4.90 Å². The van der Waals surface area contributed by atoms with E-state index >= 15 is 0 Å². The van der Waals surface area contributed by atoms with Crippen LogP contribution in [-0.4, -0.2) is 23.3 Å². The number of nitrogens with zero attached hydrogens (tertiary/aromatic N) is 1. The lowest BCUT2D eigenvalue weighted by Crippen LogP contribution is -2.43. The van der Waals surface area contributed by atoms with Crippen LogP contribution in [0, 0.1) is 5.92 Å². The van der Waals surface area contributed by atoms with Crippen LogP contribution in [-0.2, 0) is 6.18 Å². The summed E-state index contributed by atoms with van der Waals surface area (Å²) in [6, 6.07) is 4.22. The molecule has 24 heavy (non-hydrogen) atoms. The Balaban J connectivity index is 1.81. The molecule has 1 aliphatic carbocycles. The highest BCUT2D eigenvalue weighted by Gasteiger charge is 2.35. The molecule has 1 aromatic rings. The lowest BCUT2D eigenvalue weighted by Gasteiger charge is -2.42. The van der Waals surface area contributed by atoms with Gasteiger partial charge in [-0.3, -0.25) is 0 Å². The Labute approximate surface area is 141 Å². The molecule has 0 unspecified atom stereocenters. The first-order valence-electron chi connectivity index (χ1n) is 8.53. The fraction of sp³-hybridized carbons (Fsp3) is 0.579. The van der Waals surface area contributed by atoms with Crippen LogP contribution in [0.2, 0.25) is 0 Å². The van der Waals surface area contributed by atoms with Gasteiger partial charge in [-0.2, -0.15) is 13.2 Å². The highest BCUT2D eigenvalue weighted by molar-refractivity contribution is 5.72. The molecule has 2 aliphatic rings. The number of hydrogen-bond donors (Lipinski definition) is 1. The van der Waals surface area contributed by atoms with E-state index in [0.717, 1.165) is 37.3 Å². The largest absolute Gasteiger partial charge is 0.416 e. The first-order valence-corrected chi connectivity index (χ1v) is 8.53. The quantitative estimate of drug-likeness (QED) is 0.831. The Hall–Kier alpha value is -1.49. The van der Waals surface area contributed by atoms with Crippen LogP contribution in [0.4, 0.5) is 18.9 Å². The predicted molar refractivity (Wildman–Crippen MR) is 89.9 cm³/mol. The molecule has 1 heterocycles. The summed E-state index contributed by atoms with van der Waals surface area (Å²) >= 11 is 0. The van der Waals surface area contributed by atoms with Crippen LogP contribution >= 0.6 is 0 Å². The second-order valence-electron chi connectivity index (χ2n) is 7.49. The molecule has 5 heteroatoms. The van der Waals surface area contributed by atoms with E-state index in [9.17, 15) is 18.3 Å². The van der Waals surface area contributed by atoms with Crippen LogP contribution in [0.1, 0.15) is 50.7 Å². The van der Waals surface area contributed by atoms with E-state index in [1.165, 1.54) is 6.07 Å². The molecule has 132 valence electrons. The number of benzene rings is 1. The van der Waals surface area contributed by atoms with Gasteiger partial charge in [-0.15, -0.1) is 0 Å². The van der Waals surface area contributed by atoms with E-state index < -0.39 is 17.3 Å². The van der Waals surface area contributed by atoms with Crippen molar-refractivity contribution in [3.8, 4) is 0 Å². The molecular weight excluding hydrogens is 315 g/mol. The number of anilines is 1. The summed E-state index contributed by atoms with van der Waals surface area (Å²) in [6.45, 7) is 4.32. The van der Waals surface area contributed by atoms with Gasteiger partial charge in [-0.05, 0) is 63.1 Å². The minimum atomic E-state index is -4.32. The summed E-state index contributed by atoms with van der Waals surface area (Å²) in [5, 5.41) is 10.2. The summed E-state index contributed by atoms with van der Waals surface area (Å²) < 4.78 is 39.1. The Kier molecular flexibility index (Phi) is 4.41. The van der Waals surface area contributed by atoms with Crippen molar-refractivity contribution in [1.82, 2.24) is 0 Å². The summed E-state index contributed by atoms with van der Waals surface area (Å²) in [4.78, 5) is 2.10. The maximum atomic E-state index is 13.0. The molecule has 1 aliphatic heterocycles. The molecule has 0 atom stereocenters. The smallest absolute Gasteiger partial charge is 0.390 e. The van der Waals surface area contributed by atoms with Gasteiger partial charge in [-0.25, -0.2) is 0 Å². The molecule has 0 radical (unpaired) electrons. The topological polar surface area (TPSA) is 23.5 Å². The van der Waals surface area contributed by atoms with E-state index in [4.69, 9.17) is 0 Å².